The minimum atomic E-state index is -0.206. The quantitative estimate of drug-likeness (QED) is 0.801. The highest BCUT2D eigenvalue weighted by atomic mass is 16.5. The van der Waals surface area contributed by atoms with Crippen molar-refractivity contribution in [3.8, 4) is 28.6 Å². The Bertz CT molecular complexity index is 918. The lowest BCUT2D eigenvalue weighted by atomic mass is 10.1. The number of ether oxygens (including phenoxy) is 3. The summed E-state index contributed by atoms with van der Waals surface area (Å²) in [7, 11) is 4.64. The van der Waals surface area contributed by atoms with Gasteiger partial charge in [0, 0.05) is 6.07 Å². The number of aromatic amines is 1. The number of aromatic nitrogens is 2. The number of nitrogens with one attached hydrogen (secondary N) is 1. The van der Waals surface area contributed by atoms with E-state index in [2.05, 4.69) is 9.97 Å². The molecule has 0 amide bonds. The average Bonchev–Trinajstić information content (AvgIpc) is 2.60. The van der Waals surface area contributed by atoms with Gasteiger partial charge in [-0.25, -0.2) is 4.98 Å². The van der Waals surface area contributed by atoms with Gasteiger partial charge in [-0.3, -0.25) is 4.79 Å². The molecular weight excluding hydrogens is 296 g/mol. The molecule has 6 heteroatoms. The predicted molar refractivity (Wildman–Crippen MR) is 87.5 cm³/mol. The fourth-order valence-electron chi connectivity index (χ4n) is 2.43. The van der Waals surface area contributed by atoms with E-state index in [1.165, 1.54) is 0 Å². The Balaban J connectivity index is 2.27. The van der Waals surface area contributed by atoms with Gasteiger partial charge in [0.25, 0.3) is 5.56 Å². The molecule has 3 aromatic rings. The molecule has 0 radical (unpaired) electrons. The molecule has 0 aliphatic heterocycles. The Morgan fingerprint density at radius 3 is 2.26 bits per heavy atom. The molecule has 0 unspecified atom stereocenters. The highest BCUT2D eigenvalue weighted by Gasteiger charge is 2.16. The van der Waals surface area contributed by atoms with Crippen LogP contribution in [-0.4, -0.2) is 31.3 Å². The number of para-hydroxylation sites is 1. The molecule has 0 aliphatic carbocycles. The Labute approximate surface area is 132 Å². The van der Waals surface area contributed by atoms with Gasteiger partial charge in [0.05, 0.1) is 37.8 Å². The van der Waals surface area contributed by atoms with E-state index in [0.29, 0.717) is 39.5 Å². The zero-order valence-corrected chi connectivity index (χ0v) is 13.0. The van der Waals surface area contributed by atoms with Crippen molar-refractivity contribution in [2.75, 3.05) is 21.3 Å². The van der Waals surface area contributed by atoms with Crippen LogP contribution in [0.4, 0.5) is 0 Å². The van der Waals surface area contributed by atoms with Crippen LogP contribution in [-0.2, 0) is 0 Å². The second-order valence-electron chi connectivity index (χ2n) is 4.84. The summed E-state index contributed by atoms with van der Waals surface area (Å²) < 4.78 is 16.0. The smallest absolute Gasteiger partial charge is 0.259 e. The summed E-state index contributed by atoms with van der Waals surface area (Å²) in [6.07, 6.45) is 0. The Morgan fingerprint density at radius 1 is 0.913 bits per heavy atom. The van der Waals surface area contributed by atoms with Gasteiger partial charge in [-0.15, -0.1) is 0 Å². The van der Waals surface area contributed by atoms with Crippen LogP contribution in [0.3, 0.4) is 0 Å². The lowest BCUT2D eigenvalue weighted by Gasteiger charge is -2.13. The molecular formula is C17H16N2O4. The van der Waals surface area contributed by atoms with Crippen LogP contribution in [0, 0.1) is 0 Å². The first-order valence-electron chi connectivity index (χ1n) is 6.97. The lowest BCUT2D eigenvalue weighted by molar-refractivity contribution is 0.349. The molecule has 0 atom stereocenters. The number of rotatable bonds is 4. The first-order valence-corrected chi connectivity index (χ1v) is 6.97. The first-order chi connectivity index (χ1) is 11.2. The fourth-order valence-corrected chi connectivity index (χ4v) is 2.43. The molecule has 118 valence electrons. The Morgan fingerprint density at radius 2 is 1.57 bits per heavy atom. The molecule has 0 saturated carbocycles. The second kappa shape index (κ2) is 6.00. The number of nitrogens with zero attached hydrogens (tertiary/aromatic N) is 1. The zero-order chi connectivity index (χ0) is 16.4. The SMILES string of the molecule is COc1cc(OC)c(-c2nc3ccccc3c(=O)[nH]2)cc1OC. The number of methoxy groups -OCH3 is 3. The highest BCUT2D eigenvalue weighted by Crippen LogP contribution is 2.38. The van der Waals surface area contributed by atoms with Crippen LogP contribution in [0.15, 0.2) is 41.2 Å². The van der Waals surface area contributed by atoms with E-state index < -0.39 is 0 Å². The van der Waals surface area contributed by atoms with Gasteiger partial charge >= 0.3 is 0 Å². The summed E-state index contributed by atoms with van der Waals surface area (Å²) in [6, 6.07) is 10.6. The van der Waals surface area contributed by atoms with E-state index in [4.69, 9.17) is 14.2 Å². The molecule has 0 fully saturated rings. The molecule has 6 nitrogen and oxygen atoms in total. The van der Waals surface area contributed by atoms with Gasteiger partial charge in [-0.2, -0.15) is 0 Å². The number of H-pyrrole nitrogens is 1. The number of fused-ring (bicyclic) bond motifs is 1. The van der Waals surface area contributed by atoms with E-state index in [-0.39, 0.29) is 5.56 Å². The summed E-state index contributed by atoms with van der Waals surface area (Å²) in [5, 5.41) is 0.538. The molecule has 2 aromatic carbocycles. The zero-order valence-electron chi connectivity index (χ0n) is 13.0. The van der Waals surface area contributed by atoms with Crippen molar-refractivity contribution in [2.24, 2.45) is 0 Å². The summed E-state index contributed by atoms with van der Waals surface area (Å²) in [5.41, 5.74) is 1.03. The molecule has 3 rings (SSSR count). The summed E-state index contributed by atoms with van der Waals surface area (Å²) in [4.78, 5) is 19.6. The van der Waals surface area contributed by atoms with Crippen LogP contribution in [0.25, 0.3) is 22.3 Å². The largest absolute Gasteiger partial charge is 0.496 e. The number of hydrogen-bond donors (Lipinski definition) is 1. The topological polar surface area (TPSA) is 73.4 Å². The predicted octanol–water partition coefficient (Wildman–Crippen LogP) is 2.62. The normalized spacial score (nSPS) is 10.6. The third-order valence-electron chi connectivity index (χ3n) is 3.57. The Kier molecular flexibility index (Phi) is 3.89. The lowest BCUT2D eigenvalue weighted by Crippen LogP contribution is -2.10. The third-order valence-corrected chi connectivity index (χ3v) is 3.57. The fraction of sp³-hybridized carbons (Fsp3) is 0.176. The van der Waals surface area contributed by atoms with Crippen molar-refractivity contribution < 1.29 is 14.2 Å². The van der Waals surface area contributed by atoms with Crippen LogP contribution in [0.1, 0.15) is 0 Å². The molecule has 0 saturated heterocycles. The van der Waals surface area contributed by atoms with Gasteiger partial charge in [0.1, 0.15) is 11.6 Å². The molecule has 0 bridgehead atoms. The van der Waals surface area contributed by atoms with Crippen molar-refractivity contribution in [3.05, 3.63) is 46.8 Å². The van der Waals surface area contributed by atoms with Gasteiger partial charge in [-0.05, 0) is 18.2 Å². The maximum atomic E-state index is 12.3. The molecule has 1 N–H and O–H groups in total. The molecule has 1 heterocycles. The molecule has 1 aromatic heterocycles. The van der Waals surface area contributed by atoms with Crippen molar-refractivity contribution in [1.82, 2.24) is 9.97 Å². The monoisotopic (exact) mass is 312 g/mol. The van der Waals surface area contributed by atoms with Gasteiger partial charge in [-0.1, -0.05) is 12.1 Å². The van der Waals surface area contributed by atoms with E-state index in [1.807, 2.05) is 6.07 Å². The van der Waals surface area contributed by atoms with E-state index in [9.17, 15) is 4.79 Å². The highest BCUT2D eigenvalue weighted by molar-refractivity contribution is 5.80. The van der Waals surface area contributed by atoms with E-state index in [1.54, 1.807) is 51.7 Å². The summed E-state index contributed by atoms with van der Waals surface area (Å²) >= 11 is 0. The maximum Gasteiger partial charge on any atom is 0.259 e. The average molecular weight is 312 g/mol. The van der Waals surface area contributed by atoms with Gasteiger partial charge < -0.3 is 19.2 Å². The first kappa shape index (κ1) is 14.9. The van der Waals surface area contributed by atoms with Crippen LogP contribution in [0.2, 0.25) is 0 Å². The van der Waals surface area contributed by atoms with Crippen molar-refractivity contribution in [3.63, 3.8) is 0 Å². The second-order valence-corrected chi connectivity index (χ2v) is 4.84. The number of benzene rings is 2. The molecule has 0 aliphatic rings. The van der Waals surface area contributed by atoms with Crippen molar-refractivity contribution in [2.45, 2.75) is 0 Å². The maximum absolute atomic E-state index is 12.3. The Hall–Kier alpha value is -3.02. The third kappa shape index (κ3) is 2.59. The standard InChI is InChI=1S/C17H16N2O4/c1-21-13-9-15(23-3)14(22-2)8-11(13)16-18-12-7-5-4-6-10(12)17(20)19-16/h4-9H,1-3H3,(H,18,19,20). The van der Waals surface area contributed by atoms with Crippen molar-refractivity contribution >= 4 is 10.9 Å². The minimum absolute atomic E-state index is 0.206. The van der Waals surface area contributed by atoms with E-state index >= 15 is 0 Å². The van der Waals surface area contributed by atoms with Gasteiger partial charge in [0.2, 0.25) is 0 Å². The van der Waals surface area contributed by atoms with Crippen LogP contribution >= 0.6 is 0 Å². The number of hydrogen-bond acceptors (Lipinski definition) is 5. The van der Waals surface area contributed by atoms with Crippen LogP contribution in [0.5, 0.6) is 17.2 Å². The van der Waals surface area contributed by atoms with E-state index in [0.717, 1.165) is 0 Å². The van der Waals surface area contributed by atoms with Crippen molar-refractivity contribution in [1.29, 1.82) is 0 Å². The van der Waals surface area contributed by atoms with Gasteiger partial charge in [0.15, 0.2) is 11.5 Å². The molecule has 23 heavy (non-hydrogen) atoms. The summed E-state index contributed by atoms with van der Waals surface area (Å²) in [6.45, 7) is 0. The minimum Gasteiger partial charge on any atom is -0.496 e. The van der Waals surface area contributed by atoms with Crippen LogP contribution < -0.4 is 19.8 Å². The summed E-state index contributed by atoms with van der Waals surface area (Å²) in [5.74, 6) is 2.00. The molecule has 0 spiro atoms.